The monoisotopic (exact) mass is 493 g/mol. The lowest BCUT2D eigenvalue weighted by Crippen LogP contribution is -2.20. The third-order valence-corrected chi connectivity index (χ3v) is 5.95. The molecule has 0 bridgehead atoms. The van der Waals surface area contributed by atoms with Gasteiger partial charge in [-0.3, -0.25) is 9.71 Å². The number of anilines is 2. The Hall–Kier alpha value is -3.33. The number of aryl methyl sites for hydroxylation is 1. The van der Waals surface area contributed by atoms with Gasteiger partial charge in [0.15, 0.2) is 5.82 Å². The van der Waals surface area contributed by atoms with Crippen molar-refractivity contribution in [1.82, 2.24) is 15.0 Å². The number of nitrogens with one attached hydrogen (secondary N) is 2. The molecule has 33 heavy (non-hydrogen) atoms. The van der Waals surface area contributed by atoms with Crippen molar-refractivity contribution in [3.8, 4) is 11.8 Å². The maximum Gasteiger partial charge on any atom is 0.263 e. The standard InChI is InChI=1S/C21H18ClF2N5O3S/c1-12(11-30)28-21-26-8-14(9-27-21)3-4-16-17(23)5-6-18(20(16)24)29-33(31,32)19-7-15(22)10-25-13(19)2/h5-10,12,29-30H,11H2,1-2H3,(H,26,27,28)/t12-/m0/s1. The molecule has 2 aromatic heterocycles. The molecule has 3 N–H and O–H groups in total. The molecule has 12 heteroatoms. The average molecular weight is 494 g/mol. The Morgan fingerprint density at radius 2 is 1.85 bits per heavy atom. The van der Waals surface area contributed by atoms with Gasteiger partial charge in [0.2, 0.25) is 5.95 Å². The summed E-state index contributed by atoms with van der Waals surface area (Å²) in [5, 5.41) is 12.0. The van der Waals surface area contributed by atoms with E-state index in [1.54, 1.807) is 6.92 Å². The minimum absolute atomic E-state index is 0.0846. The van der Waals surface area contributed by atoms with Crippen molar-refractivity contribution < 1.29 is 22.3 Å². The van der Waals surface area contributed by atoms with Crippen LogP contribution in [0.1, 0.15) is 23.7 Å². The van der Waals surface area contributed by atoms with Crippen LogP contribution >= 0.6 is 11.6 Å². The summed E-state index contributed by atoms with van der Waals surface area (Å²) >= 11 is 5.82. The molecule has 0 amide bonds. The van der Waals surface area contributed by atoms with Crippen LogP contribution in [-0.2, 0) is 10.0 Å². The van der Waals surface area contributed by atoms with Gasteiger partial charge in [-0.1, -0.05) is 23.4 Å². The fourth-order valence-electron chi connectivity index (χ4n) is 2.57. The Morgan fingerprint density at radius 3 is 2.52 bits per heavy atom. The van der Waals surface area contributed by atoms with E-state index in [-0.39, 0.29) is 39.8 Å². The predicted molar refractivity (Wildman–Crippen MR) is 119 cm³/mol. The number of pyridine rings is 1. The number of sulfonamides is 1. The van der Waals surface area contributed by atoms with Crippen LogP contribution in [0.25, 0.3) is 0 Å². The number of rotatable bonds is 6. The zero-order valence-corrected chi connectivity index (χ0v) is 19.0. The number of hydrogen-bond acceptors (Lipinski definition) is 7. The molecule has 8 nitrogen and oxygen atoms in total. The average Bonchev–Trinajstić information content (AvgIpc) is 2.78. The molecule has 0 saturated carbocycles. The van der Waals surface area contributed by atoms with E-state index in [1.807, 2.05) is 0 Å². The zero-order chi connectivity index (χ0) is 24.2. The summed E-state index contributed by atoms with van der Waals surface area (Å²) in [5.41, 5.74) is -0.704. The first-order valence-corrected chi connectivity index (χ1v) is 11.3. The number of hydrogen-bond donors (Lipinski definition) is 3. The van der Waals surface area contributed by atoms with E-state index in [9.17, 15) is 17.2 Å². The molecule has 0 fully saturated rings. The maximum absolute atomic E-state index is 14.9. The van der Waals surface area contributed by atoms with E-state index >= 15 is 0 Å². The summed E-state index contributed by atoms with van der Waals surface area (Å²) in [5.74, 6) is 2.98. The van der Waals surface area contributed by atoms with Crippen LogP contribution in [0.15, 0.2) is 41.7 Å². The van der Waals surface area contributed by atoms with Crippen molar-refractivity contribution in [3.05, 3.63) is 70.3 Å². The molecule has 0 spiro atoms. The summed E-state index contributed by atoms with van der Waals surface area (Å²) in [4.78, 5) is 11.6. The Balaban J connectivity index is 1.89. The molecule has 0 radical (unpaired) electrons. The van der Waals surface area contributed by atoms with Crippen molar-refractivity contribution in [3.63, 3.8) is 0 Å². The van der Waals surface area contributed by atoms with Gasteiger partial charge < -0.3 is 10.4 Å². The highest BCUT2D eigenvalue weighted by Gasteiger charge is 2.22. The van der Waals surface area contributed by atoms with Crippen LogP contribution in [0, 0.1) is 30.4 Å². The summed E-state index contributed by atoms with van der Waals surface area (Å²) < 4.78 is 56.6. The molecular weight excluding hydrogens is 476 g/mol. The molecule has 172 valence electrons. The van der Waals surface area contributed by atoms with Crippen molar-refractivity contribution in [2.75, 3.05) is 16.6 Å². The topological polar surface area (TPSA) is 117 Å². The molecule has 3 aromatic rings. The van der Waals surface area contributed by atoms with Crippen LogP contribution < -0.4 is 10.0 Å². The van der Waals surface area contributed by atoms with E-state index in [0.29, 0.717) is 0 Å². The fourth-order valence-corrected chi connectivity index (χ4v) is 4.08. The minimum Gasteiger partial charge on any atom is -0.394 e. The lowest BCUT2D eigenvalue weighted by atomic mass is 10.1. The number of aliphatic hydroxyl groups is 1. The van der Waals surface area contributed by atoms with Gasteiger partial charge in [-0.25, -0.2) is 27.2 Å². The van der Waals surface area contributed by atoms with Gasteiger partial charge in [0.1, 0.15) is 10.7 Å². The third-order valence-electron chi connectivity index (χ3n) is 4.27. The lowest BCUT2D eigenvalue weighted by molar-refractivity contribution is 0.281. The minimum atomic E-state index is -4.26. The Morgan fingerprint density at radius 1 is 1.15 bits per heavy atom. The number of nitrogens with zero attached hydrogens (tertiary/aromatic N) is 3. The molecule has 0 aliphatic carbocycles. The largest absolute Gasteiger partial charge is 0.394 e. The van der Waals surface area contributed by atoms with Crippen LogP contribution in [-0.4, -0.2) is 41.1 Å². The summed E-state index contributed by atoms with van der Waals surface area (Å²) in [6.07, 6.45) is 3.95. The first-order chi connectivity index (χ1) is 15.6. The third kappa shape index (κ3) is 5.92. The van der Waals surface area contributed by atoms with E-state index in [0.717, 1.165) is 12.1 Å². The summed E-state index contributed by atoms with van der Waals surface area (Å²) in [6.45, 7) is 3.07. The molecule has 0 aliphatic rings. The maximum atomic E-state index is 14.9. The van der Waals surface area contributed by atoms with Gasteiger partial charge in [0, 0.05) is 24.6 Å². The van der Waals surface area contributed by atoms with E-state index in [1.165, 1.54) is 31.6 Å². The van der Waals surface area contributed by atoms with Crippen molar-refractivity contribution in [1.29, 1.82) is 0 Å². The normalized spacial score (nSPS) is 11.9. The number of aromatic nitrogens is 3. The number of halogens is 3. The van der Waals surface area contributed by atoms with E-state index in [4.69, 9.17) is 16.7 Å². The molecule has 0 unspecified atom stereocenters. The first-order valence-electron chi connectivity index (χ1n) is 9.45. The number of benzene rings is 1. The van der Waals surface area contributed by atoms with Gasteiger partial charge in [-0.2, -0.15) is 0 Å². The lowest BCUT2D eigenvalue weighted by Gasteiger charge is -2.12. The van der Waals surface area contributed by atoms with Gasteiger partial charge in [0.25, 0.3) is 10.0 Å². The van der Waals surface area contributed by atoms with Crippen LogP contribution in [0.2, 0.25) is 5.02 Å². The highest BCUT2D eigenvalue weighted by molar-refractivity contribution is 7.92. The van der Waals surface area contributed by atoms with Crippen LogP contribution in [0.4, 0.5) is 20.4 Å². The Kier molecular flexibility index (Phi) is 7.43. The highest BCUT2D eigenvalue weighted by atomic mass is 35.5. The molecule has 1 aromatic carbocycles. The van der Waals surface area contributed by atoms with E-state index in [2.05, 4.69) is 36.8 Å². The first kappa shape index (κ1) is 24.3. The second-order valence-electron chi connectivity index (χ2n) is 6.90. The van der Waals surface area contributed by atoms with Crippen LogP contribution in [0.5, 0.6) is 0 Å². The molecule has 3 rings (SSSR count). The molecule has 2 heterocycles. The number of aliphatic hydroxyl groups excluding tert-OH is 1. The van der Waals surface area contributed by atoms with Gasteiger partial charge >= 0.3 is 0 Å². The van der Waals surface area contributed by atoms with Gasteiger partial charge in [-0.05, 0) is 32.0 Å². The van der Waals surface area contributed by atoms with Crippen molar-refractivity contribution >= 4 is 33.3 Å². The SMILES string of the molecule is Cc1ncc(Cl)cc1S(=O)(=O)Nc1ccc(F)c(C#Cc2cnc(N[C@@H](C)CO)nc2)c1F. The predicted octanol–water partition coefficient (Wildman–Crippen LogP) is 3.10. The quantitative estimate of drug-likeness (QED) is 0.452. The van der Waals surface area contributed by atoms with Crippen LogP contribution in [0.3, 0.4) is 0 Å². The van der Waals surface area contributed by atoms with E-state index < -0.39 is 32.9 Å². The molecule has 0 aliphatic heterocycles. The zero-order valence-electron chi connectivity index (χ0n) is 17.4. The fraction of sp³-hybridized carbons (Fsp3) is 0.190. The Bertz CT molecular complexity index is 1340. The summed E-state index contributed by atoms with van der Waals surface area (Å²) in [6, 6.07) is 2.76. The summed E-state index contributed by atoms with van der Waals surface area (Å²) in [7, 11) is -4.26. The van der Waals surface area contributed by atoms with Gasteiger partial charge in [-0.15, -0.1) is 0 Å². The van der Waals surface area contributed by atoms with Crippen molar-refractivity contribution in [2.24, 2.45) is 0 Å². The smallest absolute Gasteiger partial charge is 0.263 e. The Labute approximate surface area is 194 Å². The molecule has 1 atom stereocenters. The second kappa shape index (κ2) is 10.1. The second-order valence-corrected chi connectivity index (χ2v) is 8.99. The molecular formula is C21H18ClF2N5O3S. The van der Waals surface area contributed by atoms with Crippen molar-refractivity contribution in [2.45, 2.75) is 24.8 Å². The van der Waals surface area contributed by atoms with Gasteiger partial charge in [0.05, 0.1) is 34.1 Å². The highest BCUT2D eigenvalue weighted by Crippen LogP contribution is 2.25. The molecule has 0 saturated heterocycles.